The predicted molar refractivity (Wildman–Crippen MR) is 60.5 cm³/mol. The highest BCUT2D eigenvalue weighted by Gasteiger charge is 2.00. The number of hydrogen-bond donors (Lipinski definition) is 2. The molecule has 1 unspecified atom stereocenters. The zero-order valence-corrected chi connectivity index (χ0v) is 9.61. The number of aliphatic hydroxyl groups is 1. The molecular formula is C11H21N3O. The van der Waals surface area contributed by atoms with Crippen LogP contribution in [0.2, 0.25) is 0 Å². The Morgan fingerprint density at radius 1 is 1.60 bits per heavy atom. The first-order chi connectivity index (χ1) is 7.26. The fraction of sp³-hybridized carbons (Fsp3) is 0.727. The van der Waals surface area contributed by atoms with Crippen molar-refractivity contribution in [2.45, 2.75) is 33.4 Å². The lowest BCUT2D eigenvalue weighted by Gasteiger charge is -2.08. The minimum Gasteiger partial charge on any atom is -0.394 e. The molecular weight excluding hydrogens is 190 g/mol. The molecule has 0 aliphatic heterocycles. The second kappa shape index (κ2) is 6.58. The lowest BCUT2D eigenvalue weighted by molar-refractivity contribution is 0.269. The molecule has 86 valence electrons. The molecule has 1 aromatic heterocycles. The third kappa shape index (κ3) is 4.44. The highest BCUT2D eigenvalue weighted by atomic mass is 16.3. The van der Waals surface area contributed by atoms with Crippen LogP contribution in [0, 0.1) is 5.92 Å². The topological polar surface area (TPSA) is 50.1 Å². The third-order valence-corrected chi connectivity index (χ3v) is 2.53. The van der Waals surface area contributed by atoms with E-state index in [2.05, 4.69) is 24.3 Å². The lowest BCUT2D eigenvalue weighted by Crippen LogP contribution is -2.20. The number of nitrogens with zero attached hydrogens (tertiary/aromatic N) is 2. The van der Waals surface area contributed by atoms with Gasteiger partial charge in [0.15, 0.2) is 0 Å². The van der Waals surface area contributed by atoms with Crippen molar-refractivity contribution in [2.24, 2.45) is 5.92 Å². The van der Waals surface area contributed by atoms with Crippen molar-refractivity contribution in [1.29, 1.82) is 0 Å². The molecule has 0 aromatic carbocycles. The monoisotopic (exact) mass is 211 g/mol. The summed E-state index contributed by atoms with van der Waals surface area (Å²) in [4.78, 5) is 0. The number of hydrogen-bond acceptors (Lipinski definition) is 3. The van der Waals surface area contributed by atoms with E-state index < -0.39 is 0 Å². The minimum atomic E-state index is 0.140. The number of aromatic nitrogens is 2. The smallest absolute Gasteiger partial charge is 0.0640 e. The van der Waals surface area contributed by atoms with Crippen LogP contribution in [0.5, 0.6) is 0 Å². The summed E-state index contributed by atoms with van der Waals surface area (Å²) in [6, 6.07) is 0. The quantitative estimate of drug-likeness (QED) is 0.707. The van der Waals surface area contributed by atoms with E-state index in [0.717, 1.165) is 19.0 Å². The average molecular weight is 211 g/mol. The lowest BCUT2D eigenvalue weighted by atomic mass is 10.1. The molecule has 4 nitrogen and oxygen atoms in total. The fourth-order valence-corrected chi connectivity index (χ4v) is 1.33. The van der Waals surface area contributed by atoms with Crippen molar-refractivity contribution in [3.8, 4) is 0 Å². The SMILES string of the molecule is CCC(C)CNCc1cnn(CCO)c1. The van der Waals surface area contributed by atoms with Gasteiger partial charge in [-0.25, -0.2) is 0 Å². The number of rotatable bonds is 7. The van der Waals surface area contributed by atoms with E-state index in [1.165, 1.54) is 12.0 Å². The van der Waals surface area contributed by atoms with Crippen LogP contribution < -0.4 is 5.32 Å². The van der Waals surface area contributed by atoms with Crippen LogP contribution in [0.1, 0.15) is 25.8 Å². The van der Waals surface area contributed by atoms with Gasteiger partial charge in [0.1, 0.15) is 0 Å². The molecule has 0 amide bonds. The first-order valence-corrected chi connectivity index (χ1v) is 5.59. The Morgan fingerprint density at radius 3 is 3.07 bits per heavy atom. The van der Waals surface area contributed by atoms with E-state index in [0.29, 0.717) is 6.54 Å². The Bertz CT molecular complexity index is 273. The van der Waals surface area contributed by atoms with Crippen molar-refractivity contribution >= 4 is 0 Å². The van der Waals surface area contributed by atoms with Crippen LogP contribution in [-0.2, 0) is 13.1 Å². The maximum Gasteiger partial charge on any atom is 0.0640 e. The molecule has 0 aliphatic carbocycles. The van der Waals surface area contributed by atoms with Gasteiger partial charge in [0.05, 0.1) is 19.3 Å². The number of nitrogens with one attached hydrogen (secondary N) is 1. The fourth-order valence-electron chi connectivity index (χ4n) is 1.33. The Balaban J connectivity index is 2.25. The highest BCUT2D eigenvalue weighted by molar-refractivity contribution is 5.03. The molecule has 15 heavy (non-hydrogen) atoms. The zero-order chi connectivity index (χ0) is 11.1. The maximum atomic E-state index is 8.73. The Morgan fingerprint density at radius 2 is 2.40 bits per heavy atom. The molecule has 1 heterocycles. The maximum absolute atomic E-state index is 8.73. The zero-order valence-electron chi connectivity index (χ0n) is 9.61. The van der Waals surface area contributed by atoms with Gasteiger partial charge in [0.25, 0.3) is 0 Å². The molecule has 0 aliphatic rings. The van der Waals surface area contributed by atoms with Gasteiger partial charge in [0, 0.05) is 18.3 Å². The predicted octanol–water partition coefficient (Wildman–Crippen LogP) is 1.01. The average Bonchev–Trinajstić information content (AvgIpc) is 2.66. The minimum absolute atomic E-state index is 0.140. The normalized spacial score (nSPS) is 13.0. The van der Waals surface area contributed by atoms with Gasteiger partial charge in [-0.05, 0) is 12.5 Å². The second-order valence-electron chi connectivity index (χ2n) is 3.98. The summed E-state index contributed by atoms with van der Waals surface area (Å²) in [6.07, 6.45) is 5.02. The van der Waals surface area contributed by atoms with E-state index in [1.54, 1.807) is 4.68 Å². The van der Waals surface area contributed by atoms with Crippen LogP contribution in [0.4, 0.5) is 0 Å². The molecule has 1 aromatic rings. The summed E-state index contributed by atoms with van der Waals surface area (Å²) in [6.45, 7) is 7.05. The molecule has 2 N–H and O–H groups in total. The molecule has 0 fully saturated rings. The molecule has 1 rings (SSSR count). The summed E-state index contributed by atoms with van der Waals surface area (Å²) in [7, 11) is 0. The van der Waals surface area contributed by atoms with Crippen LogP contribution in [-0.4, -0.2) is 28.0 Å². The molecule has 0 spiro atoms. The largest absolute Gasteiger partial charge is 0.394 e. The first kappa shape index (κ1) is 12.2. The summed E-state index contributed by atoms with van der Waals surface area (Å²) >= 11 is 0. The van der Waals surface area contributed by atoms with Gasteiger partial charge in [0.2, 0.25) is 0 Å². The first-order valence-electron chi connectivity index (χ1n) is 5.59. The summed E-state index contributed by atoms with van der Waals surface area (Å²) in [5.41, 5.74) is 1.17. The van der Waals surface area contributed by atoms with Gasteiger partial charge in [-0.1, -0.05) is 20.3 Å². The third-order valence-electron chi connectivity index (χ3n) is 2.53. The van der Waals surface area contributed by atoms with Crippen molar-refractivity contribution in [1.82, 2.24) is 15.1 Å². The van der Waals surface area contributed by atoms with E-state index in [4.69, 9.17) is 5.11 Å². The van der Waals surface area contributed by atoms with Crippen molar-refractivity contribution in [2.75, 3.05) is 13.2 Å². The van der Waals surface area contributed by atoms with E-state index >= 15 is 0 Å². The van der Waals surface area contributed by atoms with Crippen LogP contribution >= 0.6 is 0 Å². The number of aliphatic hydroxyl groups excluding tert-OH is 1. The van der Waals surface area contributed by atoms with Gasteiger partial charge in [-0.3, -0.25) is 4.68 Å². The molecule has 0 bridgehead atoms. The summed E-state index contributed by atoms with van der Waals surface area (Å²) in [5.74, 6) is 0.720. The molecule has 0 saturated heterocycles. The van der Waals surface area contributed by atoms with Gasteiger partial charge < -0.3 is 10.4 Å². The Labute approximate surface area is 91.3 Å². The summed E-state index contributed by atoms with van der Waals surface area (Å²) in [5, 5.41) is 16.3. The van der Waals surface area contributed by atoms with E-state index in [9.17, 15) is 0 Å². The molecule has 0 saturated carbocycles. The van der Waals surface area contributed by atoms with Crippen molar-refractivity contribution in [3.05, 3.63) is 18.0 Å². The standard InChI is InChI=1S/C11H21N3O/c1-3-10(2)6-12-7-11-8-13-14(9-11)4-5-15/h8-10,12,15H,3-7H2,1-2H3. The Kier molecular flexibility index (Phi) is 5.36. The van der Waals surface area contributed by atoms with Crippen molar-refractivity contribution in [3.63, 3.8) is 0 Å². The molecule has 0 radical (unpaired) electrons. The molecule has 4 heteroatoms. The van der Waals surface area contributed by atoms with Gasteiger partial charge in [-0.15, -0.1) is 0 Å². The van der Waals surface area contributed by atoms with E-state index in [-0.39, 0.29) is 6.61 Å². The summed E-state index contributed by atoms with van der Waals surface area (Å²) < 4.78 is 1.76. The van der Waals surface area contributed by atoms with Crippen LogP contribution in [0.3, 0.4) is 0 Å². The highest BCUT2D eigenvalue weighted by Crippen LogP contribution is 2.00. The van der Waals surface area contributed by atoms with Crippen LogP contribution in [0.25, 0.3) is 0 Å². The Hall–Kier alpha value is -0.870. The van der Waals surface area contributed by atoms with E-state index in [1.807, 2.05) is 12.4 Å². The van der Waals surface area contributed by atoms with Gasteiger partial charge in [-0.2, -0.15) is 5.10 Å². The van der Waals surface area contributed by atoms with Crippen LogP contribution in [0.15, 0.2) is 12.4 Å². The molecule has 1 atom stereocenters. The van der Waals surface area contributed by atoms with Crippen molar-refractivity contribution < 1.29 is 5.11 Å². The van der Waals surface area contributed by atoms with Gasteiger partial charge >= 0.3 is 0 Å². The second-order valence-corrected chi connectivity index (χ2v) is 3.98.